The normalized spacial score (nSPS) is 11.2. The molecule has 2 nitrogen and oxygen atoms in total. The van der Waals surface area contributed by atoms with E-state index in [1.165, 1.54) is 60.8 Å². The number of benzene rings is 11. The Morgan fingerprint density at radius 2 is 0.706 bits per heavy atom. The highest BCUT2D eigenvalue weighted by Gasteiger charge is 2.23. The average Bonchev–Trinajstić information content (AvgIpc) is 3.76. The summed E-state index contributed by atoms with van der Waals surface area (Å²) in [7, 11) is 0. The Balaban J connectivity index is 1.05. The van der Waals surface area contributed by atoms with Gasteiger partial charge in [-0.2, -0.15) is 0 Å². The molecule has 0 spiro atoms. The molecule has 2 heteroatoms. The fourth-order valence-corrected chi connectivity index (χ4v) is 9.98. The average molecular weight is 867 g/mol. The van der Waals surface area contributed by atoms with Crippen LogP contribution in [0, 0.1) is 0 Å². The van der Waals surface area contributed by atoms with E-state index >= 15 is 0 Å². The maximum absolute atomic E-state index is 2.45. The highest BCUT2D eigenvalue weighted by Crippen LogP contribution is 2.49. The van der Waals surface area contributed by atoms with E-state index in [9.17, 15) is 0 Å². The van der Waals surface area contributed by atoms with Gasteiger partial charge in [0, 0.05) is 33.4 Å². The van der Waals surface area contributed by atoms with Gasteiger partial charge in [0.2, 0.25) is 0 Å². The Bertz CT molecular complexity index is 3690. The zero-order chi connectivity index (χ0) is 45.2. The van der Waals surface area contributed by atoms with Crippen molar-refractivity contribution >= 4 is 38.9 Å². The van der Waals surface area contributed by atoms with Crippen LogP contribution in [-0.2, 0) is 0 Å². The largest absolute Gasteiger partial charge is 0.310 e. The van der Waals surface area contributed by atoms with Crippen molar-refractivity contribution in [1.82, 2.24) is 4.57 Å². The number of anilines is 3. The lowest BCUT2D eigenvalue weighted by Gasteiger charge is -2.30. The smallest absolute Gasteiger partial charge is 0.0547 e. The fourth-order valence-electron chi connectivity index (χ4n) is 9.98. The summed E-state index contributed by atoms with van der Waals surface area (Å²) in [5.41, 5.74) is 20.8. The second-order valence-corrected chi connectivity index (χ2v) is 17.3. The minimum atomic E-state index is 1.06. The molecule has 0 N–H and O–H groups in total. The van der Waals surface area contributed by atoms with Gasteiger partial charge in [-0.15, -0.1) is 0 Å². The third-order valence-electron chi connectivity index (χ3n) is 13.2. The highest BCUT2D eigenvalue weighted by molar-refractivity contribution is 6.10. The van der Waals surface area contributed by atoms with E-state index < -0.39 is 0 Å². The summed E-state index contributed by atoms with van der Waals surface area (Å²) < 4.78 is 2.40. The molecule has 0 fully saturated rings. The van der Waals surface area contributed by atoms with E-state index in [0.717, 1.165) is 50.6 Å². The van der Waals surface area contributed by atoms with Crippen LogP contribution in [0.4, 0.5) is 17.1 Å². The van der Waals surface area contributed by atoms with Gasteiger partial charge in [-0.25, -0.2) is 0 Å². The number of fused-ring (bicyclic) bond motifs is 3. The summed E-state index contributed by atoms with van der Waals surface area (Å²) in [6.45, 7) is 0. The summed E-state index contributed by atoms with van der Waals surface area (Å²) in [4.78, 5) is 2.45. The predicted octanol–water partition coefficient (Wildman–Crippen LogP) is 18.3. The van der Waals surface area contributed by atoms with Gasteiger partial charge in [-0.3, -0.25) is 0 Å². The van der Waals surface area contributed by atoms with Gasteiger partial charge in [-0.1, -0.05) is 224 Å². The Hall–Kier alpha value is -8.98. The Labute approximate surface area is 397 Å². The van der Waals surface area contributed by atoms with E-state index in [1.807, 2.05) is 0 Å². The maximum Gasteiger partial charge on any atom is 0.0547 e. The number of aromatic nitrogens is 1. The lowest BCUT2D eigenvalue weighted by Crippen LogP contribution is -2.12. The Morgan fingerprint density at radius 1 is 0.250 bits per heavy atom. The van der Waals surface area contributed by atoms with Crippen LogP contribution in [0.15, 0.2) is 279 Å². The first-order valence-electron chi connectivity index (χ1n) is 23.3. The number of hydrogen-bond donors (Lipinski definition) is 0. The molecule has 1 heterocycles. The van der Waals surface area contributed by atoms with Crippen LogP contribution in [0.2, 0.25) is 0 Å². The molecule has 0 amide bonds. The van der Waals surface area contributed by atoms with Gasteiger partial charge in [0.1, 0.15) is 0 Å². The number of para-hydroxylation sites is 2. The first-order valence-corrected chi connectivity index (χ1v) is 23.3. The standard InChI is InChI=1S/C66H46N2/c1-5-19-47(20-6-1)48-35-37-49(38-36-48)50-39-42-56(43-40-50)67(64-34-18-32-59(52-23-9-3-10-24-52)66(64)62-31-14-13-29-58(62)51-21-7-2-8-22-51)57-28-17-25-53(45-57)54-41-44-61-60-30-15-16-33-63(60)68(65(61)46-54)55-26-11-4-12-27-55/h1-46H. The van der Waals surface area contributed by atoms with E-state index in [1.54, 1.807) is 0 Å². The Morgan fingerprint density at radius 3 is 1.38 bits per heavy atom. The van der Waals surface area contributed by atoms with E-state index in [4.69, 9.17) is 0 Å². The topological polar surface area (TPSA) is 8.17 Å². The van der Waals surface area contributed by atoms with Gasteiger partial charge in [0.05, 0.1) is 16.7 Å². The summed E-state index contributed by atoms with van der Waals surface area (Å²) >= 11 is 0. The van der Waals surface area contributed by atoms with Crippen molar-refractivity contribution in [3.8, 4) is 72.4 Å². The quantitative estimate of drug-likeness (QED) is 0.133. The molecule has 0 aliphatic carbocycles. The van der Waals surface area contributed by atoms with Crippen LogP contribution < -0.4 is 4.90 Å². The van der Waals surface area contributed by atoms with Crippen molar-refractivity contribution in [2.75, 3.05) is 4.90 Å². The molecule has 0 unspecified atom stereocenters. The molecule has 0 saturated heterocycles. The molecule has 12 aromatic rings. The fraction of sp³-hybridized carbons (Fsp3) is 0. The summed E-state index contributed by atoms with van der Waals surface area (Å²) in [5.74, 6) is 0. The second-order valence-electron chi connectivity index (χ2n) is 17.3. The van der Waals surface area contributed by atoms with Crippen molar-refractivity contribution in [2.45, 2.75) is 0 Å². The van der Waals surface area contributed by atoms with Crippen molar-refractivity contribution < 1.29 is 0 Å². The van der Waals surface area contributed by atoms with Crippen LogP contribution >= 0.6 is 0 Å². The molecule has 0 saturated carbocycles. The summed E-state index contributed by atoms with van der Waals surface area (Å²) in [6, 6.07) is 101. The van der Waals surface area contributed by atoms with Gasteiger partial charge in [-0.05, 0) is 116 Å². The molecule has 12 rings (SSSR count). The Kier molecular flexibility index (Phi) is 10.6. The summed E-state index contributed by atoms with van der Waals surface area (Å²) in [6.07, 6.45) is 0. The molecular weight excluding hydrogens is 821 g/mol. The number of nitrogens with zero attached hydrogens (tertiary/aromatic N) is 2. The third-order valence-corrected chi connectivity index (χ3v) is 13.2. The molecular formula is C66H46N2. The molecule has 0 radical (unpaired) electrons. The first-order chi connectivity index (χ1) is 33.7. The number of rotatable bonds is 10. The molecule has 68 heavy (non-hydrogen) atoms. The highest BCUT2D eigenvalue weighted by atomic mass is 15.1. The minimum absolute atomic E-state index is 1.06. The lowest BCUT2D eigenvalue weighted by molar-refractivity contribution is 1.18. The van der Waals surface area contributed by atoms with Crippen LogP contribution in [0.1, 0.15) is 0 Å². The molecule has 0 aliphatic heterocycles. The molecule has 320 valence electrons. The third kappa shape index (κ3) is 7.54. The predicted molar refractivity (Wildman–Crippen MR) is 288 cm³/mol. The van der Waals surface area contributed by atoms with Crippen LogP contribution in [-0.4, -0.2) is 4.57 Å². The maximum atomic E-state index is 2.45. The molecule has 11 aromatic carbocycles. The van der Waals surface area contributed by atoms with Crippen LogP contribution in [0.5, 0.6) is 0 Å². The molecule has 0 atom stereocenters. The zero-order valence-corrected chi connectivity index (χ0v) is 37.5. The molecule has 0 bridgehead atoms. The lowest BCUT2D eigenvalue weighted by atomic mass is 9.87. The van der Waals surface area contributed by atoms with Crippen molar-refractivity contribution in [3.63, 3.8) is 0 Å². The van der Waals surface area contributed by atoms with Crippen LogP contribution in [0.3, 0.4) is 0 Å². The number of hydrogen-bond acceptors (Lipinski definition) is 1. The monoisotopic (exact) mass is 866 g/mol. The van der Waals surface area contributed by atoms with Gasteiger partial charge >= 0.3 is 0 Å². The van der Waals surface area contributed by atoms with Crippen LogP contribution in [0.25, 0.3) is 94.3 Å². The molecule has 1 aromatic heterocycles. The summed E-state index contributed by atoms with van der Waals surface area (Å²) in [5, 5.41) is 2.48. The van der Waals surface area contributed by atoms with E-state index in [2.05, 4.69) is 289 Å². The first kappa shape index (κ1) is 40.5. The van der Waals surface area contributed by atoms with Gasteiger partial charge in [0.15, 0.2) is 0 Å². The molecule has 0 aliphatic rings. The van der Waals surface area contributed by atoms with Gasteiger partial charge in [0.25, 0.3) is 0 Å². The SMILES string of the molecule is c1ccc(-c2ccc(-c3ccc(N(c4cccc(-c5ccc6c7ccccc7n(-c7ccccc7)c6c5)c4)c4cccc(-c5ccccc5)c4-c4ccccc4-c4ccccc4)cc3)cc2)cc1. The minimum Gasteiger partial charge on any atom is -0.310 e. The van der Waals surface area contributed by atoms with Crippen molar-refractivity contribution in [1.29, 1.82) is 0 Å². The van der Waals surface area contributed by atoms with Crippen molar-refractivity contribution in [2.24, 2.45) is 0 Å². The van der Waals surface area contributed by atoms with E-state index in [0.29, 0.717) is 0 Å². The van der Waals surface area contributed by atoms with Crippen molar-refractivity contribution in [3.05, 3.63) is 279 Å². The van der Waals surface area contributed by atoms with Gasteiger partial charge < -0.3 is 9.47 Å². The van der Waals surface area contributed by atoms with E-state index in [-0.39, 0.29) is 0 Å². The zero-order valence-electron chi connectivity index (χ0n) is 37.5. The second kappa shape index (κ2) is 17.8.